The molecule has 1 amide bonds. The maximum absolute atomic E-state index is 13.4. The van der Waals surface area contributed by atoms with Crippen LogP contribution in [0.3, 0.4) is 0 Å². The smallest absolute Gasteiger partial charge is 0.266 e. The van der Waals surface area contributed by atoms with Crippen LogP contribution in [-0.2, 0) is 12.8 Å². The van der Waals surface area contributed by atoms with Gasteiger partial charge < -0.3 is 5.32 Å². The predicted octanol–water partition coefficient (Wildman–Crippen LogP) is 8.88. The van der Waals surface area contributed by atoms with Crippen LogP contribution in [0.1, 0.15) is 39.4 Å². The second kappa shape index (κ2) is 9.19. The van der Waals surface area contributed by atoms with E-state index in [4.69, 9.17) is 9.97 Å². The number of benzene rings is 2. The molecule has 7 rings (SSSR count). The highest BCUT2D eigenvalue weighted by molar-refractivity contribution is 7.26. The van der Waals surface area contributed by atoms with Gasteiger partial charge in [-0.1, -0.05) is 30.7 Å². The first kappa shape index (κ1) is 22.3. The van der Waals surface area contributed by atoms with Crippen LogP contribution in [0, 0.1) is 0 Å². The zero-order valence-electron chi connectivity index (χ0n) is 19.2. The second-order valence-corrected chi connectivity index (χ2v) is 13.1. The number of nitrogens with one attached hydrogen (secondary N) is 1. The number of hydrogen-bond acceptors (Lipinski definition) is 7. The third kappa shape index (κ3) is 3.98. The molecule has 2 aromatic carbocycles. The Morgan fingerprint density at radius 1 is 0.722 bits per heavy atom. The number of nitrogens with zero attached hydrogens (tertiary/aromatic N) is 2. The van der Waals surface area contributed by atoms with Crippen molar-refractivity contribution in [2.45, 2.75) is 32.1 Å². The van der Waals surface area contributed by atoms with Gasteiger partial charge in [0.05, 0.1) is 30.2 Å². The van der Waals surface area contributed by atoms with Crippen LogP contribution in [0.4, 0.5) is 5.00 Å². The van der Waals surface area contributed by atoms with E-state index in [1.54, 1.807) is 34.0 Å². The van der Waals surface area contributed by atoms with E-state index in [0.717, 1.165) is 54.0 Å². The minimum absolute atomic E-state index is 0.0638. The number of carbonyl (C=O) groups is 1. The predicted molar refractivity (Wildman–Crippen MR) is 155 cm³/mol. The maximum Gasteiger partial charge on any atom is 0.266 e. The first-order valence-electron chi connectivity index (χ1n) is 12.0. The highest BCUT2D eigenvalue weighted by Crippen LogP contribution is 2.46. The zero-order chi connectivity index (χ0) is 24.1. The summed E-state index contributed by atoms with van der Waals surface area (Å²) in [5.41, 5.74) is 4.53. The molecule has 0 saturated heterocycles. The van der Waals surface area contributed by atoms with Crippen LogP contribution >= 0.6 is 45.3 Å². The molecule has 0 atom stereocenters. The quantitative estimate of drug-likeness (QED) is 0.226. The lowest BCUT2D eigenvalue weighted by molar-refractivity contribution is 0.103. The fraction of sp³-hybridized carbons (Fsp3) is 0.179. The fourth-order valence-corrected chi connectivity index (χ4v) is 9.07. The summed E-state index contributed by atoms with van der Waals surface area (Å²) in [6.07, 6.45) is 5.77. The van der Waals surface area contributed by atoms with Crippen molar-refractivity contribution in [2.24, 2.45) is 0 Å². The van der Waals surface area contributed by atoms with Gasteiger partial charge in [-0.3, -0.25) is 4.79 Å². The number of thiophene rings is 2. The molecular formula is C28H21N3OS4. The fourth-order valence-electron chi connectivity index (χ4n) is 4.75. The van der Waals surface area contributed by atoms with Crippen LogP contribution in [0.5, 0.6) is 0 Å². The summed E-state index contributed by atoms with van der Waals surface area (Å²) in [6.45, 7) is 0. The summed E-state index contributed by atoms with van der Waals surface area (Å²) in [6, 6.07) is 20.3. The Morgan fingerprint density at radius 3 is 2.19 bits per heavy atom. The lowest BCUT2D eigenvalue weighted by Crippen LogP contribution is -2.09. The summed E-state index contributed by atoms with van der Waals surface area (Å²) in [5, 5.41) is 6.17. The normalized spacial score (nSPS) is 13.7. The minimum atomic E-state index is -0.0638. The monoisotopic (exact) mass is 543 g/mol. The van der Waals surface area contributed by atoms with Crippen molar-refractivity contribution >= 4 is 76.7 Å². The molecule has 178 valence electrons. The Hall–Kier alpha value is -2.91. The van der Waals surface area contributed by atoms with E-state index in [9.17, 15) is 4.79 Å². The van der Waals surface area contributed by atoms with Crippen molar-refractivity contribution in [3.05, 3.63) is 76.0 Å². The van der Waals surface area contributed by atoms with E-state index >= 15 is 0 Å². The second-order valence-electron chi connectivity index (χ2n) is 8.86. The molecule has 1 aliphatic rings. The van der Waals surface area contributed by atoms with Gasteiger partial charge in [0, 0.05) is 10.4 Å². The number of fused-ring (bicyclic) bond motifs is 3. The van der Waals surface area contributed by atoms with E-state index < -0.39 is 0 Å². The molecule has 1 N–H and O–H groups in total. The number of hydrogen-bond donors (Lipinski definition) is 1. The van der Waals surface area contributed by atoms with Gasteiger partial charge in [-0.2, -0.15) is 0 Å². The van der Waals surface area contributed by atoms with Crippen LogP contribution in [0.15, 0.2) is 60.7 Å². The molecule has 4 heterocycles. The third-order valence-electron chi connectivity index (χ3n) is 6.49. The summed E-state index contributed by atoms with van der Waals surface area (Å²) in [4.78, 5) is 26.3. The molecule has 8 heteroatoms. The Labute approximate surface area is 224 Å². The molecule has 0 bridgehead atoms. The van der Waals surface area contributed by atoms with Crippen molar-refractivity contribution < 1.29 is 4.79 Å². The molecule has 0 aliphatic heterocycles. The largest absolute Gasteiger partial charge is 0.312 e. The highest BCUT2D eigenvalue weighted by Gasteiger charge is 2.25. The molecule has 0 spiro atoms. The van der Waals surface area contributed by atoms with Crippen molar-refractivity contribution in [1.82, 2.24) is 9.97 Å². The average Bonchev–Trinajstić information content (AvgIpc) is 3.66. The Balaban J connectivity index is 1.24. The van der Waals surface area contributed by atoms with Gasteiger partial charge in [0.2, 0.25) is 0 Å². The number of amides is 1. The van der Waals surface area contributed by atoms with E-state index in [1.165, 1.54) is 45.7 Å². The molecular weight excluding hydrogens is 523 g/mol. The molecule has 4 nitrogen and oxygen atoms in total. The Morgan fingerprint density at radius 2 is 1.42 bits per heavy atom. The average molecular weight is 544 g/mol. The third-order valence-corrected chi connectivity index (χ3v) is 11.0. The number of rotatable bonds is 4. The van der Waals surface area contributed by atoms with Gasteiger partial charge in [-0.15, -0.1) is 45.3 Å². The number of aromatic nitrogens is 2. The molecule has 0 fully saturated rings. The number of thiazole rings is 2. The Kier molecular flexibility index (Phi) is 5.69. The standard InChI is InChI=1S/C28H21N3OS4/c32-25(22-14-15-23(33-22)26-29-17-9-4-6-12-20(17)35-26)31-28-24(16-8-2-1-3-11-19(16)34-28)27-30-18-10-5-7-13-21(18)36-27/h4-7,9-10,12-15H,1-3,8,11H2,(H,31,32). The van der Waals surface area contributed by atoms with Crippen LogP contribution < -0.4 is 5.32 Å². The molecule has 4 aromatic heterocycles. The molecule has 6 aromatic rings. The van der Waals surface area contributed by atoms with Gasteiger partial charge in [-0.25, -0.2) is 9.97 Å². The number of carbonyl (C=O) groups excluding carboxylic acids is 1. The van der Waals surface area contributed by atoms with E-state index in [2.05, 4.69) is 29.6 Å². The summed E-state index contributed by atoms with van der Waals surface area (Å²) >= 11 is 6.62. The molecule has 36 heavy (non-hydrogen) atoms. The van der Waals surface area contributed by atoms with Gasteiger partial charge in [0.15, 0.2) is 0 Å². The molecule has 0 saturated carbocycles. The first-order valence-corrected chi connectivity index (χ1v) is 15.3. The van der Waals surface area contributed by atoms with Crippen LogP contribution in [0.2, 0.25) is 0 Å². The van der Waals surface area contributed by atoms with Gasteiger partial charge in [-0.05, 0) is 67.6 Å². The molecule has 0 unspecified atom stereocenters. The zero-order valence-corrected chi connectivity index (χ0v) is 22.5. The number of anilines is 1. The maximum atomic E-state index is 13.4. The number of para-hydroxylation sites is 2. The van der Waals surface area contributed by atoms with Crippen molar-refractivity contribution in [3.8, 4) is 20.5 Å². The summed E-state index contributed by atoms with van der Waals surface area (Å²) in [7, 11) is 0. The molecule has 1 aliphatic carbocycles. The van der Waals surface area contributed by atoms with Crippen LogP contribution in [0.25, 0.3) is 40.9 Å². The highest BCUT2D eigenvalue weighted by atomic mass is 32.1. The van der Waals surface area contributed by atoms with Crippen LogP contribution in [-0.4, -0.2) is 15.9 Å². The first-order chi connectivity index (χ1) is 17.7. The number of aryl methyl sites for hydroxylation is 1. The minimum Gasteiger partial charge on any atom is -0.312 e. The molecule has 0 radical (unpaired) electrons. The van der Waals surface area contributed by atoms with Gasteiger partial charge in [0.25, 0.3) is 5.91 Å². The lowest BCUT2D eigenvalue weighted by Gasteiger charge is -2.06. The van der Waals surface area contributed by atoms with Gasteiger partial charge in [0.1, 0.15) is 15.0 Å². The Bertz CT molecular complexity index is 1670. The van der Waals surface area contributed by atoms with E-state index in [0.29, 0.717) is 4.88 Å². The van der Waals surface area contributed by atoms with Crippen molar-refractivity contribution in [1.29, 1.82) is 0 Å². The SMILES string of the molecule is O=C(Nc1sc2c(c1-c1nc3ccccc3s1)CCCCC2)c1ccc(-c2nc3ccccc3s2)s1. The summed E-state index contributed by atoms with van der Waals surface area (Å²) < 4.78 is 2.34. The summed E-state index contributed by atoms with van der Waals surface area (Å²) in [5.74, 6) is -0.0638. The topological polar surface area (TPSA) is 54.9 Å². The lowest BCUT2D eigenvalue weighted by atomic mass is 10.1. The van der Waals surface area contributed by atoms with Crippen molar-refractivity contribution in [3.63, 3.8) is 0 Å². The van der Waals surface area contributed by atoms with E-state index in [1.807, 2.05) is 36.4 Å². The van der Waals surface area contributed by atoms with Gasteiger partial charge >= 0.3 is 0 Å². The van der Waals surface area contributed by atoms with Crippen molar-refractivity contribution in [2.75, 3.05) is 5.32 Å². The van der Waals surface area contributed by atoms with E-state index in [-0.39, 0.29) is 5.91 Å².